The van der Waals surface area contributed by atoms with E-state index in [1.165, 1.54) is 32.1 Å². The number of aliphatic hydroxyl groups excluding tert-OH is 1. The Bertz CT molecular complexity index is 116. The summed E-state index contributed by atoms with van der Waals surface area (Å²) >= 11 is 0. The van der Waals surface area contributed by atoms with Gasteiger partial charge >= 0.3 is 0 Å². The molecule has 1 aliphatic heterocycles. The molecule has 0 unspecified atom stereocenters. The van der Waals surface area contributed by atoms with E-state index in [1.807, 2.05) is 0 Å². The van der Waals surface area contributed by atoms with Crippen LogP contribution in [0.25, 0.3) is 0 Å². The van der Waals surface area contributed by atoms with Crippen molar-refractivity contribution in [1.29, 1.82) is 0 Å². The highest BCUT2D eigenvalue weighted by atomic mass is 16.3. The van der Waals surface area contributed by atoms with E-state index >= 15 is 0 Å². The molecule has 2 N–H and O–H groups in total. The Kier molecular flexibility index (Phi) is 4.62. The normalized spacial score (nSPS) is 29.5. The molecule has 0 radical (unpaired) electrons. The summed E-state index contributed by atoms with van der Waals surface area (Å²) in [5.74, 6) is 0. The number of hydrogen-bond acceptors (Lipinski definition) is 2. The van der Waals surface area contributed by atoms with Gasteiger partial charge in [0.25, 0.3) is 0 Å². The molecule has 0 spiro atoms. The predicted octanol–water partition coefficient (Wildman–Crippen LogP) is 1.68. The van der Waals surface area contributed by atoms with E-state index in [0.29, 0.717) is 12.6 Å². The Hall–Kier alpha value is -0.0800. The molecule has 2 nitrogen and oxygen atoms in total. The van der Waals surface area contributed by atoms with Crippen LogP contribution in [0, 0.1) is 0 Å². The molecular weight excluding hydrogens is 150 g/mol. The van der Waals surface area contributed by atoms with E-state index < -0.39 is 0 Å². The SMILES string of the molecule is CCCC[C@@H]1CC[C@H](CCO)N1. The Morgan fingerprint density at radius 1 is 1.25 bits per heavy atom. The molecule has 1 saturated heterocycles. The zero-order chi connectivity index (χ0) is 8.81. The number of nitrogens with one attached hydrogen (secondary N) is 1. The van der Waals surface area contributed by atoms with E-state index in [9.17, 15) is 0 Å². The summed E-state index contributed by atoms with van der Waals surface area (Å²) in [6.45, 7) is 2.57. The molecule has 1 aliphatic rings. The molecule has 1 fully saturated rings. The summed E-state index contributed by atoms with van der Waals surface area (Å²) in [7, 11) is 0. The largest absolute Gasteiger partial charge is 0.396 e. The second kappa shape index (κ2) is 5.55. The van der Waals surface area contributed by atoms with Crippen molar-refractivity contribution in [2.75, 3.05) is 6.61 Å². The third kappa shape index (κ3) is 3.11. The maximum Gasteiger partial charge on any atom is 0.0445 e. The van der Waals surface area contributed by atoms with Crippen LogP contribution in [0.2, 0.25) is 0 Å². The molecule has 2 atom stereocenters. The molecule has 2 heteroatoms. The van der Waals surface area contributed by atoms with E-state index in [-0.39, 0.29) is 0 Å². The number of unbranched alkanes of at least 4 members (excludes halogenated alkanes) is 1. The minimum Gasteiger partial charge on any atom is -0.396 e. The predicted molar refractivity (Wildman–Crippen MR) is 51.2 cm³/mol. The maximum absolute atomic E-state index is 8.75. The lowest BCUT2D eigenvalue weighted by molar-refractivity contribution is 0.268. The highest BCUT2D eigenvalue weighted by molar-refractivity contribution is 4.82. The average molecular weight is 171 g/mol. The summed E-state index contributed by atoms with van der Waals surface area (Å²) in [4.78, 5) is 0. The van der Waals surface area contributed by atoms with Gasteiger partial charge in [0.15, 0.2) is 0 Å². The highest BCUT2D eigenvalue weighted by Crippen LogP contribution is 2.18. The molecule has 0 aromatic carbocycles. The lowest BCUT2D eigenvalue weighted by atomic mass is 10.1. The molecule has 1 rings (SSSR count). The number of hydrogen-bond donors (Lipinski definition) is 2. The third-order valence-electron chi connectivity index (χ3n) is 2.72. The van der Waals surface area contributed by atoms with Crippen molar-refractivity contribution < 1.29 is 5.11 Å². The minimum atomic E-state index is 0.332. The second-order valence-electron chi connectivity index (χ2n) is 3.79. The standard InChI is InChI=1S/C10H21NO/c1-2-3-4-9-5-6-10(11-9)7-8-12/h9-12H,2-8H2,1H3/t9-,10-/m1/s1. The van der Waals surface area contributed by atoms with Gasteiger partial charge in [0.1, 0.15) is 0 Å². The van der Waals surface area contributed by atoms with Crippen LogP contribution in [0.5, 0.6) is 0 Å². The first kappa shape index (κ1) is 10.0. The summed E-state index contributed by atoms with van der Waals surface area (Å²) in [6, 6.07) is 1.33. The summed E-state index contributed by atoms with van der Waals surface area (Å²) in [5.41, 5.74) is 0. The monoisotopic (exact) mass is 171 g/mol. The molecule has 72 valence electrons. The summed E-state index contributed by atoms with van der Waals surface area (Å²) < 4.78 is 0. The van der Waals surface area contributed by atoms with E-state index in [4.69, 9.17) is 5.11 Å². The van der Waals surface area contributed by atoms with Crippen molar-refractivity contribution in [3.05, 3.63) is 0 Å². The topological polar surface area (TPSA) is 32.3 Å². The summed E-state index contributed by atoms with van der Waals surface area (Å²) in [6.07, 6.45) is 7.45. The van der Waals surface area contributed by atoms with Crippen molar-refractivity contribution in [2.24, 2.45) is 0 Å². The first-order valence-electron chi connectivity index (χ1n) is 5.23. The van der Waals surface area contributed by atoms with Crippen LogP contribution in [0.4, 0.5) is 0 Å². The van der Waals surface area contributed by atoms with Gasteiger partial charge in [-0.15, -0.1) is 0 Å². The number of aliphatic hydroxyl groups is 1. The van der Waals surface area contributed by atoms with Crippen molar-refractivity contribution >= 4 is 0 Å². The zero-order valence-corrected chi connectivity index (χ0v) is 8.05. The highest BCUT2D eigenvalue weighted by Gasteiger charge is 2.21. The van der Waals surface area contributed by atoms with Gasteiger partial charge < -0.3 is 10.4 Å². The van der Waals surface area contributed by atoms with Gasteiger partial charge in [-0.2, -0.15) is 0 Å². The van der Waals surface area contributed by atoms with Crippen LogP contribution in [0.15, 0.2) is 0 Å². The van der Waals surface area contributed by atoms with Crippen molar-refractivity contribution in [2.45, 2.75) is 57.5 Å². The second-order valence-corrected chi connectivity index (χ2v) is 3.79. The van der Waals surface area contributed by atoms with Crippen LogP contribution in [0.1, 0.15) is 45.4 Å². The van der Waals surface area contributed by atoms with Gasteiger partial charge in [-0.05, 0) is 25.7 Å². The fourth-order valence-corrected chi connectivity index (χ4v) is 1.96. The van der Waals surface area contributed by atoms with Gasteiger partial charge in [-0.3, -0.25) is 0 Å². The molecular formula is C10H21NO. The fourth-order valence-electron chi connectivity index (χ4n) is 1.96. The van der Waals surface area contributed by atoms with E-state index in [0.717, 1.165) is 12.5 Å². The Labute approximate surface area is 75.4 Å². The third-order valence-corrected chi connectivity index (χ3v) is 2.72. The van der Waals surface area contributed by atoms with Crippen LogP contribution >= 0.6 is 0 Å². The van der Waals surface area contributed by atoms with Crippen LogP contribution < -0.4 is 5.32 Å². The van der Waals surface area contributed by atoms with Crippen molar-refractivity contribution in [1.82, 2.24) is 5.32 Å². The Morgan fingerprint density at radius 2 is 1.92 bits per heavy atom. The van der Waals surface area contributed by atoms with Crippen LogP contribution in [-0.2, 0) is 0 Å². The lowest BCUT2D eigenvalue weighted by Crippen LogP contribution is -2.29. The quantitative estimate of drug-likeness (QED) is 0.659. The fraction of sp³-hybridized carbons (Fsp3) is 1.00. The van der Waals surface area contributed by atoms with Gasteiger partial charge in [0.05, 0.1) is 0 Å². The van der Waals surface area contributed by atoms with E-state index in [1.54, 1.807) is 0 Å². The Balaban J connectivity index is 2.08. The van der Waals surface area contributed by atoms with Crippen molar-refractivity contribution in [3.63, 3.8) is 0 Å². The minimum absolute atomic E-state index is 0.332. The average Bonchev–Trinajstić information content (AvgIpc) is 2.50. The van der Waals surface area contributed by atoms with Crippen LogP contribution in [0.3, 0.4) is 0 Å². The molecule has 0 aromatic rings. The lowest BCUT2D eigenvalue weighted by Gasteiger charge is -2.12. The molecule has 0 saturated carbocycles. The number of rotatable bonds is 5. The molecule has 0 bridgehead atoms. The first-order chi connectivity index (χ1) is 5.86. The maximum atomic E-state index is 8.75. The summed E-state index contributed by atoms with van der Waals surface area (Å²) in [5, 5.41) is 12.3. The zero-order valence-electron chi connectivity index (χ0n) is 8.05. The van der Waals surface area contributed by atoms with Crippen LogP contribution in [-0.4, -0.2) is 23.8 Å². The van der Waals surface area contributed by atoms with Crippen molar-refractivity contribution in [3.8, 4) is 0 Å². The molecule has 0 amide bonds. The molecule has 0 aromatic heterocycles. The Morgan fingerprint density at radius 3 is 2.50 bits per heavy atom. The molecule has 12 heavy (non-hydrogen) atoms. The molecule has 0 aliphatic carbocycles. The molecule has 1 heterocycles. The van der Waals surface area contributed by atoms with Gasteiger partial charge in [0.2, 0.25) is 0 Å². The first-order valence-corrected chi connectivity index (χ1v) is 5.23. The van der Waals surface area contributed by atoms with Gasteiger partial charge in [0, 0.05) is 18.7 Å². The smallest absolute Gasteiger partial charge is 0.0445 e. The van der Waals surface area contributed by atoms with E-state index in [2.05, 4.69) is 12.2 Å². The van der Waals surface area contributed by atoms with Gasteiger partial charge in [-0.25, -0.2) is 0 Å². The van der Waals surface area contributed by atoms with Gasteiger partial charge in [-0.1, -0.05) is 19.8 Å².